The molecule has 0 aliphatic carbocycles. The molecule has 0 amide bonds. The van der Waals surface area contributed by atoms with Gasteiger partial charge in [0, 0.05) is 26.2 Å². The van der Waals surface area contributed by atoms with E-state index in [1.165, 1.54) is 11.1 Å². The number of carbonyl (C=O) groups excluding carboxylic acids is 1. The lowest BCUT2D eigenvalue weighted by Crippen LogP contribution is -2.59. The van der Waals surface area contributed by atoms with Crippen LogP contribution in [-0.4, -0.2) is 117 Å². The molecule has 2 unspecified atom stereocenters. The summed E-state index contributed by atoms with van der Waals surface area (Å²) in [6.45, 7) is 13.7. The lowest BCUT2D eigenvalue weighted by molar-refractivity contribution is -0.132. The smallest absolute Gasteiger partial charge is 0.169 e. The molecule has 4 rings (SSSR count). The monoisotopic (exact) mass is 695 g/mol. The van der Waals surface area contributed by atoms with Crippen molar-refractivity contribution in [3.05, 3.63) is 46.5 Å². The number of nitrogens with zero attached hydrogens (tertiary/aromatic N) is 4. The number of ketones is 1. The average Bonchev–Trinajstić information content (AvgIpc) is 3.07. The van der Waals surface area contributed by atoms with Gasteiger partial charge < -0.3 is 42.2 Å². The van der Waals surface area contributed by atoms with E-state index in [2.05, 4.69) is 59.9 Å². The van der Waals surface area contributed by atoms with E-state index in [4.69, 9.17) is 32.4 Å². The van der Waals surface area contributed by atoms with E-state index in [0.717, 1.165) is 74.5 Å². The Hall–Kier alpha value is -2.93. The van der Waals surface area contributed by atoms with Gasteiger partial charge in [-0.2, -0.15) is 0 Å². The summed E-state index contributed by atoms with van der Waals surface area (Å²) in [6, 6.07) is 7.80. The van der Waals surface area contributed by atoms with Crippen molar-refractivity contribution >= 4 is 17.2 Å². The predicted molar refractivity (Wildman–Crippen MR) is 206 cm³/mol. The Morgan fingerprint density at radius 2 is 1.02 bits per heavy atom. The number of piperidine rings is 2. The van der Waals surface area contributed by atoms with Gasteiger partial charge in [-0.25, -0.2) is 0 Å². The Bertz CT molecular complexity index is 1290. The number of anilines is 2. The number of hydrogen-bond donors (Lipinski definition) is 4. The molecule has 0 spiro atoms. The van der Waals surface area contributed by atoms with Crippen LogP contribution in [0, 0.1) is 0 Å². The van der Waals surface area contributed by atoms with Gasteiger partial charge in [0.05, 0.1) is 35.7 Å². The fourth-order valence-electron chi connectivity index (χ4n) is 7.87. The van der Waals surface area contributed by atoms with Crippen LogP contribution in [0.15, 0.2) is 24.3 Å². The number of rotatable bonds is 16. The van der Waals surface area contributed by atoms with E-state index in [9.17, 15) is 4.79 Å². The van der Waals surface area contributed by atoms with E-state index in [1.54, 1.807) is 0 Å². The van der Waals surface area contributed by atoms with Gasteiger partial charge in [0.1, 0.15) is 11.5 Å². The second kappa shape index (κ2) is 18.0. The van der Waals surface area contributed by atoms with E-state index >= 15 is 0 Å². The molecule has 2 fully saturated rings. The highest BCUT2D eigenvalue weighted by atomic mass is 16.5. The minimum atomic E-state index is -0.189. The van der Waals surface area contributed by atoms with Gasteiger partial charge >= 0.3 is 0 Å². The fraction of sp³-hybridized carbons (Fsp3) is 0.667. The minimum Gasteiger partial charge on any atom is -0.489 e. The van der Waals surface area contributed by atoms with Gasteiger partial charge in [-0.1, -0.05) is 0 Å². The van der Waals surface area contributed by atoms with Crippen molar-refractivity contribution in [2.75, 3.05) is 78.9 Å². The SMILES string of the molecule is CC(C)Oc1cc(C2CCN(C(CN(C)C)C(=O)C(CN(C)C)N3CCC(c4cc(OC(C)C)c(N)cc4CN)CC3)CC2)c(CN)cc1N. The van der Waals surface area contributed by atoms with Gasteiger partial charge in [0.2, 0.25) is 0 Å². The standard InChI is InChI=1S/C39H66N8O3/c1-25(2)49-37-19-31(29(21-40)17-33(37)42)27-9-13-46(14-10-27)35(23-44(5)6)39(48)36(24-45(7)8)47-15-11-28(12-16-47)32-20-38(50-26(3)4)34(43)18-30(32)22-41/h17-20,25-28,35-36H,9-16,21-24,40-43H2,1-8H3. The highest BCUT2D eigenvalue weighted by Gasteiger charge is 2.39. The Kier molecular flexibility index (Phi) is 14.4. The van der Waals surface area contributed by atoms with Crippen LogP contribution in [0.25, 0.3) is 0 Å². The topological polar surface area (TPSA) is 153 Å². The molecule has 11 heteroatoms. The molecule has 2 heterocycles. The summed E-state index contributed by atoms with van der Waals surface area (Å²) >= 11 is 0. The van der Waals surface area contributed by atoms with Crippen LogP contribution in [0.3, 0.4) is 0 Å². The molecule has 2 aromatic rings. The molecule has 0 aromatic heterocycles. The van der Waals surface area contributed by atoms with E-state index in [1.807, 2.05) is 39.8 Å². The number of likely N-dealkylation sites (N-methyl/N-ethyl adjacent to an activating group) is 2. The largest absolute Gasteiger partial charge is 0.489 e. The van der Waals surface area contributed by atoms with Crippen molar-refractivity contribution in [1.29, 1.82) is 0 Å². The molecule has 2 aromatic carbocycles. The fourth-order valence-corrected chi connectivity index (χ4v) is 7.87. The molecule has 0 bridgehead atoms. The van der Waals surface area contributed by atoms with Gasteiger partial charge in [0.15, 0.2) is 5.78 Å². The number of benzene rings is 2. The van der Waals surface area contributed by atoms with E-state index in [-0.39, 0.29) is 24.3 Å². The minimum absolute atomic E-state index is 0.0349. The lowest BCUT2D eigenvalue weighted by Gasteiger charge is -2.43. The van der Waals surface area contributed by atoms with Gasteiger partial charge in [0.25, 0.3) is 0 Å². The van der Waals surface area contributed by atoms with Crippen molar-refractivity contribution in [2.45, 2.75) is 103 Å². The van der Waals surface area contributed by atoms with Crippen molar-refractivity contribution in [1.82, 2.24) is 19.6 Å². The van der Waals surface area contributed by atoms with Gasteiger partial charge in [-0.05, 0) is 166 Å². The Balaban J connectivity index is 1.50. The molecule has 0 saturated carbocycles. The lowest BCUT2D eigenvalue weighted by atomic mass is 9.84. The van der Waals surface area contributed by atoms with Gasteiger partial charge in [-0.3, -0.25) is 14.6 Å². The number of carbonyl (C=O) groups is 1. The molecule has 2 atom stereocenters. The Morgan fingerprint density at radius 3 is 1.30 bits per heavy atom. The Morgan fingerprint density at radius 1 is 0.680 bits per heavy atom. The first-order valence-corrected chi connectivity index (χ1v) is 18.6. The maximum Gasteiger partial charge on any atom is 0.169 e. The number of ether oxygens (including phenoxy) is 2. The van der Waals surface area contributed by atoms with Crippen LogP contribution < -0.4 is 32.4 Å². The zero-order chi connectivity index (χ0) is 36.7. The summed E-state index contributed by atoms with van der Waals surface area (Å²) in [5.41, 5.74) is 30.9. The summed E-state index contributed by atoms with van der Waals surface area (Å²) in [5.74, 6) is 2.44. The van der Waals surface area contributed by atoms with Crippen molar-refractivity contribution in [2.24, 2.45) is 11.5 Å². The van der Waals surface area contributed by atoms with Crippen LogP contribution in [0.5, 0.6) is 11.5 Å². The van der Waals surface area contributed by atoms with Crippen LogP contribution in [0.2, 0.25) is 0 Å². The number of Topliss-reactive ketones (excluding diaryl/α,β-unsaturated/α-hetero) is 1. The summed E-state index contributed by atoms with van der Waals surface area (Å²) in [6.07, 6.45) is 3.87. The predicted octanol–water partition coefficient (Wildman–Crippen LogP) is 3.83. The molecule has 0 radical (unpaired) electrons. The normalized spacial score (nSPS) is 18.4. The summed E-state index contributed by atoms with van der Waals surface area (Å²) in [4.78, 5) is 23.9. The molecule has 2 aliphatic rings. The quantitative estimate of drug-likeness (QED) is 0.190. The molecule has 8 N–H and O–H groups in total. The molecule has 280 valence electrons. The third kappa shape index (κ3) is 10.1. The number of hydrogen-bond acceptors (Lipinski definition) is 11. The Labute approximate surface area is 301 Å². The van der Waals surface area contributed by atoms with Crippen LogP contribution in [0.4, 0.5) is 11.4 Å². The molecular formula is C39H66N8O3. The third-order valence-corrected chi connectivity index (χ3v) is 10.3. The van der Waals surface area contributed by atoms with Crippen molar-refractivity contribution in [3.63, 3.8) is 0 Å². The highest BCUT2D eigenvalue weighted by Crippen LogP contribution is 2.38. The van der Waals surface area contributed by atoms with E-state index in [0.29, 0.717) is 55.2 Å². The number of nitrogens with two attached hydrogens (primary N) is 4. The second-order valence-electron chi connectivity index (χ2n) is 15.5. The zero-order valence-corrected chi connectivity index (χ0v) is 32.1. The summed E-state index contributed by atoms with van der Waals surface area (Å²) in [5, 5.41) is 0. The second-order valence-corrected chi connectivity index (χ2v) is 15.5. The molecule has 11 nitrogen and oxygen atoms in total. The maximum atomic E-state index is 14.8. The molecule has 2 saturated heterocycles. The summed E-state index contributed by atoms with van der Waals surface area (Å²) in [7, 11) is 8.26. The first kappa shape index (κ1) is 39.8. The zero-order valence-electron chi connectivity index (χ0n) is 32.1. The first-order valence-electron chi connectivity index (χ1n) is 18.6. The van der Waals surface area contributed by atoms with E-state index < -0.39 is 0 Å². The summed E-state index contributed by atoms with van der Waals surface area (Å²) < 4.78 is 12.1. The van der Waals surface area contributed by atoms with Crippen molar-refractivity contribution < 1.29 is 14.3 Å². The molecule has 2 aliphatic heterocycles. The maximum absolute atomic E-state index is 14.8. The van der Waals surface area contributed by atoms with Crippen LogP contribution >= 0.6 is 0 Å². The molecule has 50 heavy (non-hydrogen) atoms. The molecular weight excluding hydrogens is 628 g/mol. The number of likely N-dealkylation sites (tertiary alicyclic amines) is 2. The first-order chi connectivity index (χ1) is 23.7. The van der Waals surface area contributed by atoms with Crippen LogP contribution in [-0.2, 0) is 17.9 Å². The third-order valence-electron chi connectivity index (χ3n) is 10.3. The highest BCUT2D eigenvalue weighted by molar-refractivity contribution is 5.89. The number of nitrogen functional groups attached to an aromatic ring is 2. The van der Waals surface area contributed by atoms with Crippen molar-refractivity contribution in [3.8, 4) is 11.5 Å². The van der Waals surface area contributed by atoms with Gasteiger partial charge in [-0.15, -0.1) is 0 Å². The van der Waals surface area contributed by atoms with Crippen LogP contribution in [0.1, 0.15) is 87.5 Å². The average molecular weight is 695 g/mol.